The van der Waals surface area contributed by atoms with Crippen LogP contribution in [0.15, 0.2) is 46.3 Å². The van der Waals surface area contributed by atoms with Gasteiger partial charge in [-0.2, -0.15) is 0 Å². The lowest BCUT2D eigenvalue weighted by Gasteiger charge is -2.20. The van der Waals surface area contributed by atoms with Crippen LogP contribution in [0, 0.1) is 11.6 Å². The first-order chi connectivity index (χ1) is 14.9. The first-order valence-electron chi connectivity index (χ1n) is 10.0. The van der Waals surface area contributed by atoms with E-state index in [1.54, 1.807) is 12.1 Å². The van der Waals surface area contributed by atoms with E-state index in [1.807, 2.05) is 4.90 Å². The SMILES string of the molecule is O=C(CSc1nc2ccc(Cl)cc2c(=O)n1-c1ccc(F)cc1F)N1CCCCCC1. The lowest BCUT2D eigenvalue weighted by molar-refractivity contribution is -0.128. The van der Waals surface area contributed by atoms with Crippen molar-refractivity contribution in [2.24, 2.45) is 0 Å². The van der Waals surface area contributed by atoms with Crippen molar-refractivity contribution in [1.29, 1.82) is 0 Å². The maximum absolute atomic E-state index is 14.6. The van der Waals surface area contributed by atoms with E-state index in [-0.39, 0.29) is 27.9 Å². The molecule has 0 bridgehead atoms. The summed E-state index contributed by atoms with van der Waals surface area (Å²) in [4.78, 5) is 32.3. The first-order valence-corrected chi connectivity index (χ1v) is 11.4. The second-order valence-electron chi connectivity index (χ2n) is 7.38. The Morgan fingerprint density at radius 2 is 1.81 bits per heavy atom. The number of rotatable bonds is 4. The molecule has 3 aromatic rings. The summed E-state index contributed by atoms with van der Waals surface area (Å²) in [6.07, 6.45) is 4.15. The molecule has 1 amide bonds. The Morgan fingerprint density at radius 3 is 2.52 bits per heavy atom. The third-order valence-corrected chi connectivity index (χ3v) is 6.39. The van der Waals surface area contributed by atoms with Gasteiger partial charge in [0.05, 0.1) is 22.3 Å². The standard InChI is InChI=1S/C22H20ClF2N3O2S/c23-14-5-7-18-16(11-14)21(30)28(19-8-6-15(24)12-17(19)25)22(26-18)31-13-20(29)27-9-3-1-2-4-10-27/h5-8,11-12H,1-4,9-10,13H2. The van der Waals surface area contributed by atoms with Gasteiger partial charge in [-0.15, -0.1) is 0 Å². The van der Waals surface area contributed by atoms with Crippen molar-refractivity contribution in [3.63, 3.8) is 0 Å². The topological polar surface area (TPSA) is 55.2 Å². The van der Waals surface area contributed by atoms with E-state index >= 15 is 0 Å². The molecular weight excluding hydrogens is 444 g/mol. The number of nitrogens with zero attached hydrogens (tertiary/aromatic N) is 3. The molecule has 2 aromatic carbocycles. The summed E-state index contributed by atoms with van der Waals surface area (Å²) >= 11 is 7.09. The highest BCUT2D eigenvalue weighted by Crippen LogP contribution is 2.25. The Kier molecular flexibility index (Phi) is 6.57. The van der Waals surface area contributed by atoms with Gasteiger partial charge >= 0.3 is 0 Å². The molecule has 1 aliphatic heterocycles. The third-order valence-electron chi connectivity index (χ3n) is 5.23. The minimum Gasteiger partial charge on any atom is -0.342 e. The van der Waals surface area contributed by atoms with E-state index in [0.29, 0.717) is 29.7 Å². The monoisotopic (exact) mass is 463 g/mol. The highest BCUT2D eigenvalue weighted by atomic mass is 35.5. The van der Waals surface area contributed by atoms with Gasteiger partial charge in [-0.05, 0) is 43.2 Å². The smallest absolute Gasteiger partial charge is 0.266 e. The van der Waals surface area contributed by atoms with Gasteiger partial charge in [0, 0.05) is 24.2 Å². The van der Waals surface area contributed by atoms with Crippen LogP contribution in [0.3, 0.4) is 0 Å². The number of amides is 1. The molecule has 5 nitrogen and oxygen atoms in total. The average Bonchev–Trinajstić information content (AvgIpc) is 3.03. The summed E-state index contributed by atoms with van der Waals surface area (Å²) in [5.74, 6) is -1.64. The normalized spacial score (nSPS) is 14.6. The molecule has 9 heteroatoms. The van der Waals surface area contributed by atoms with Gasteiger partial charge in [0.25, 0.3) is 5.56 Å². The van der Waals surface area contributed by atoms with Crippen molar-refractivity contribution < 1.29 is 13.6 Å². The van der Waals surface area contributed by atoms with E-state index in [0.717, 1.165) is 48.1 Å². The zero-order valence-corrected chi connectivity index (χ0v) is 18.2. The average molecular weight is 464 g/mol. The highest BCUT2D eigenvalue weighted by molar-refractivity contribution is 7.99. The van der Waals surface area contributed by atoms with Crippen molar-refractivity contribution in [1.82, 2.24) is 14.5 Å². The van der Waals surface area contributed by atoms with E-state index in [2.05, 4.69) is 4.98 Å². The zero-order chi connectivity index (χ0) is 22.0. The molecule has 0 unspecified atom stereocenters. The number of thioether (sulfide) groups is 1. The molecule has 31 heavy (non-hydrogen) atoms. The third kappa shape index (κ3) is 4.75. The van der Waals surface area contributed by atoms with Gasteiger partial charge in [0.1, 0.15) is 11.6 Å². The molecule has 2 heterocycles. The fraction of sp³-hybridized carbons (Fsp3) is 0.318. The van der Waals surface area contributed by atoms with Gasteiger partial charge in [-0.3, -0.25) is 14.2 Å². The largest absolute Gasteiger partial charge is 0.342 e. The van der Waals surface area contributed by atoms with Crippen molar-refractivity contribution >= 4 is 40.2 Å². The first kappa shape index (κ1) is 21.8. The molecule has 0 spiro atoms. The second-order valence-corrected chi connectivity index (χ2v) is 8.75. The molecular formula is C22H20ClF2N3O2S. The fourth-order valence-corrected chi connectivity index (χ4v) is 4.73. The molecule has 4 rings (SSSR count). The van der Waals surface area contributed by atoms with Crippen LogP contribution in [0.1, 0.15) is 25.7 Å². The molecule has 1 aromatic heterocycles. The van der Waals surface area contributed by atoms with Gasteiger partial charge in [-0.1, -0.05) is 36.2 Å². The maximum Gasteiger partial charge on any atom is 0.266 e. The number of fused-ring (bicyclic) bond motifs is 1. The van der Waals surface area contributed by atoms with Crippen LogP contribution < -0.4 is 5.56 Å². The Bertz CT molecular complexity index is 1190. The fourth-order valence-electron chi connectivity index (χ4n) is 3.65. The summed E-state index contributed by atoms with van der Waals surface area (Å²) in [5, 5.41) is 0.710. The lowest BCUT2D eigenvalue weighted by atomic mass is 10.2. The van der Waals surface area contributed by atoms with Crippen molar-refractivity contribution in [2.75, 3.05) is 18.8 Å². The Labute approximate surface area is 187 Å². The van der Waals surface area contributed by atoms with Crippen LogP contribution in [-0.2, 0) is 4.79 Å². The van der Waals surface area contributed by atoms with Gasteiger partial charge < -0.3 is 4.90 Å². The number of hydrogen-bond acceptors (Lipinski definition) is 4. The number of benzene rings is 2. The lowest BCUT2D eigenvalue weighted by Crippen LogP contribution is -2.33. The predicted octanol–water partition coefficient (Wildman–Crippen LogP) is 4.81. The summed E-state index contributed by atoms with van der Waals surface area (Å²) in [7, 11) is 0. The Balaban J connectivity index is 1.75. The van der Waals surface area contributed by atoms with Crippen LogP contribution in [-0.4, -0.2) is 39.2 Å². The molecule has 162 valence electrons. The number of likely N-dealkylation sites (tertiary alicyclic amines) is 1. The molecule has 0 atom stereocenters. The maximum atomic E-state index is 14.6. The van der Waals surface area contributed by atoms with Crippen LogP contribution in [0.4, 0.5) is 8.78 Å². The molecule has 1 saturated heterocycles. The zero-order valence-electron chi connectivity index (χ0n) is 16.6. The number of carbonyl (C=O) groups is 1. The van der Waals surface area contributed by atoms with Crippen LogP contribution >= 0.6 is 23.4 Å². The van der Waals surface area contributed by atoms with Crippen molar-refractivity contribution in [3.05, 3.63) is 63.4 Å². The summed E-state index contributed by atoms with van der Waals surface area (Å²) in [6, 6.07) is 7.64. The molecule has 0 radical (unpaired) electrons. The van der Waals surface area contributed by atoms with Gasteiger partial charge in [-0.25, -0.2) is 13.8 Å². The van der Waals surface area contributed by atoms with Crippen molar-refractivity contribution in [2.45, 2.75) is 30.8 Å². The summed E-state index contributed by atoms with van der Waals surface area (Å²) in [6.45, 7) is 1.42. The predicted molar refractivity (Wildman–Crippen MR) is 118 cm³/mol. The van der Waals surface area contributed by atoms with Gasteiger partial charge in [0.15, 0.2) is 5.16 Å². The van der Waals surface area contributed by atoms with Gasteiger partial charge in [0.2, 0.25) is 5.91 Å². The Hall–Kier alpha value is -2.45. The summed E-state index contributed by atoms with van der Waals surface area (Å²) < 4.78 is 29.1. The molecule has 0 N–H and O–H groups in total. The minimum atomic E-state index is -0.897. The molecule has 1 aliphatic rings. The molecule has 0 saturated carbocycles. The number of aromatic nitrogens is 2. The highest BCUT2D eigenvalue weighted by Gasteiger charge is 2.20. The van der Waals surface area contributed by atoms with Crippen LogP contribution in [0.5, 0.6) is 0 Å². The van der Waals surface area contributed by atoms with E-state index in [9.17, 15) is 18.4 Å². The number of carbonyl (C=O) groups excluding carboxylic acids is 1. The summed E-state index contributed by atoms with van der Waals surface area (Å²) in [5.41, 5.74) is -0.286. The second kappa shape index (κ2) is 9.36. The minimum absolute atomic E-state index is 0.0523. The quantitative estimate of drug-likeness (QED) is 0.411. The molecule has 1 fully saturated rings. The van der Waals surface area contributed by atoms with E-state index in [4.69, 9.17) is 11.6 Å². The van der Waals surface area contributed by atoms with Crippen LogP contribution in [0.25, 0.3) is 16.6 Å². The van der Waals surface area contributed by atoms with Crippen molar-refractivity contribution in [3.8, 4) is 5.69 Å². The Morgan fingerprint density at radius 1 is 1.06 bits per heavy atom. The van der Waals surface area contributed by atoms with E-state index < -0.39 is 17.2 Å². The van der Waals surface area contributed by atoms with E-state index in [1.165, 1.54) is 12.1 Å². The number of halogens is 3. The molecule has 0 aliphatic carbocycles. The number of hydrogen-bond donors (Lipinski definition) is 0. The van der Waals surface area contributed by atoms with Crippen LogP contribution in [0.2, 0.25) is 5.02 Å².